The van der Waals surface area contributed by atoms with Crippen LogP contribution in [0.2, 0.25) is 0 Å². The smallest absolute Gasteiger partial charge is 0.305 e. The third-order valence-electron chi connectivity index (χ3n) is 3.93. The first kappa shape index (κ1) is 16.8. The molecule has 1 aromatic carbocycles. The molecular formula is C16H20BrNO4. The number of carbonyl (C=O) groups excluding carboxylic acids is 1. The third-order valence-corrected chi connectivity index (χ3v) is 4.46. The molecule has 120 valence electrons. The van der Waals surface area contributed by atoms with E-state index in [9.17, 15) is 9.59 Å². The van der Waals surface area contributed by atoms with E-state index in [-0.39, 0.29) is 12.3 Å². The molecule has 1 unspecified atom stereocenters. The number of aliphatic carboxylic acids is 1. The third kappa shape index (κ3) is 4.47. The van der Waals surface area contributed by atoms with Crippen LogP contribution in [0.5, 0.6) is 5.75 Å². The van der Waals surface area contributed by atoms with Crippen LogP contribution in [0.1, 0.15) is 39.0 Å². The van der Waals surface area contributed by atoms with Crippen LogP contribution in [0.3, 0.4) is 0 Å². The minimum Gasteiger partial charge on any atom is -0.481 e. The van der Waals surface area contributed by atoms with Crippen LogP contribution >= 0.6 is 15.9 Å². The standard InChI is InChI=1S/C16H20BrNO4/c1-11(22-13-6-4-12(17)5-7-13)15(21)18-16(10-14(19)20)8-2-3-9-16/h4-7,11H,2-3,8-10H2,1H3,(H,18,21)(H,19,20). The van der Waals surface area contributed by atoms with E-state index in [0.717, 1.165) is 17.3 Å². The van der Waals surface area contributed by atoms with Crippen molar-refractivity contribution >= 4 is 27.8 Å². The van der Waals surface area contributed by atoms with E-state index < -0.39 is 17.6 Å². The van der Waals surface area contributed by atoms with Gasteiger partial charge in [0, 0.05) is 4.47 Å². The van der Waals surface area contributed by atoms with Gasteiger partial charge in [0.1, 0.15) is 5.75 Å². The Kier molecular flexibility index (Phi) is 5.45. The summed E-state index contributed by atoms with van der Waals surface area (Å²) in [4.78, 5) is 23.4. The zero-order valence-corrected chi connectivity index (χ0v) is 14.1. The molecule has 0 heterocycles. The molecule has 2 N–H and O–H groups in total. The number of carbonyl (C=O) groups is 2. The van der Waals surface area contributed by atoms with Crippen LogP contribution in [-0.2, 0) is 9.59 Å². The lowest BCUT2D eigenvalue weighted by molar-refractivity contribution is -0.139. The Bertz CT molecular complexity index is 538. The minimum atomic E-state index is -0.885. The highest BCUT2D eigenvalue weighted by Crippen LogP contribution is 2.32. The maximum atomic E-state index is 12.3. The van der Waals surface area contributed by atoms with Gasteiger partial charge in [0.25, 0.3) is 5.91 Å². The number of benzene rings is 1. The molecule has 22 heavy (non-hydrogen) atoms. The highest BCUT2D eigenvalue weighted by Gasteiger charge is 2.38. The molecule has 1 fully saturated rings. The number of carboxylic acids is 1. The molecule has 0 aliphatic heterocycles. The second kappa shape index (κ2) is 7.13. The molecular weight excluding hydrogens is 350 g/mol. The molecule has 2 rings (SSSR count). The maximum absolute atomic E-state index is 12.3. The van der Waals surface area contributed by atoms with Crippen molar-refractivity contribution in [3.63, 3.8) is 0 Å². The molecule has 5 nitrogen and oxygen atoms in total. The molecule has 1 aliphatic rings. The van der Waals surface area contributed by atoms with Gasteiger partial charge in [0.15, 0.2) is 6.10 Å². The molecule has 0 saturated heterocycles. The number of halogens is 1. The Hall–Kier alpha value is -1.56. The Morgan fingerprint density at radius 2 is 1.91 bits per heavy atom. The van der Waals surface area contributed by atoms with Gasteiger partial charge >= 0.3 is 5.97 Å². The first-order chi connectivity index (χ1) is 10.4. The number of hydrogen-bond donors (Lipinski definition) is 2. The van der Waals surface area contributed by atoms with Crippen molar-refractivity contribution in [2.45, 2.75) is 50.7 Å². The molecule has 0 aromatic heterocycles. The van der Waals surface area contributed by atoms with Gasteiger partial charge < -0.3 is 15.2 Å². The van der Waals surface area contributed by atoms with Crippen molar-refractivity contribution in [1.82, 2.24) is 5.32 Å². The number of ether oxygens (including phenoxy) is 1. The molecule has 1 saturated carbocycles. The van der Waals surface area contributed by atoms with Crippen molar-refractivity contribution in [3.05, 3.63) is 28.7 Å². The highest BCUT2D eigenvalue weighted by molar-refractivity contribution is 9.10. The number of nitrogens with one attached hydrogen (secondary N) is 1. The number of rotatable bonds is 6. The minimum absolute atomic E-state index is 0.0380. The summed E-state index contributed by atoms with van der Waals surface area (Å²) in [6.07, 6.45) is 2.58. The van der Waals surface area contributed by atoms with E-state index in [2.05, 4.69) is 21.2 Å². The predicted molar refractivity (Wildman–Crippen MR) is 85.8 cm³/mol. The number of carboxylic acid groups (broad SMARTS) is 1. The van der Waals surface area contributed by atoms with Crippen LogP contribution in [0.15, 0.2) is 28.7 Å². The van der Waals surface area contributed by atoms with Gasteiger partial charge in [0.2, 0.25) is 0 Å². The molecule has 0 radical (unpaired) electrons. The van der Waals surface area contributed by atoms with Gasteiger partial charge in [0.05, 0.1) is 12.0 Å². The summed E-state index contributed by atoms with van der Waals surface area (Å²) in [7, 11) is 0. The number of amides is 1. The zero-order chi connectivity index (χ0) is 16.2. The molecule has 6 heteroatoms. The van der Waals surface area contributed by atoms with Crippen molar-refractivity contribution in [2.75, 3.05) is 0 Å². The quantitative estimate of drug-likeness (QED) is 0.807. The maximum Gasteiger partial charge on any atom is 0.305 e. The summed E-state index contributed by atoms with van der Waals surface area (Å²) in [5, 5.41) is 12.0. The summed E-state index contributed by atoms with van der Waals surface area (Å²) in [6, 6.07) is 7.22. The molecule has 1 amide bonds. The Morgan fingerprint density at radius 1 is 1.32 bits per heavy atom. The Labute approximate surface area is 138 Å². The second-order valence-electron chi connectivity index (χ2n) is 5.76. The average Bonchev–Trinajstić information content (AvgIpc) is 2.88. The zero-order valence-electron chi connectivity index (χ0n) is 12.5. The summed E-state index contributed by atoms with van der Waals surface area (Å²) in [6.45, 7) is 1.67. The van der Waals surface area contributed by atoms with Crippen LogP contribution < -0.4 is 10.1 Å². The van der Waals surface area contributed by atoms with E-state index in [0.29, 0.717) is 18.6 Å². The van der Waals surface area contributed by atoms with Crippen molar-refractivity contribution in [2.24, 2.45) is 0 Å². The molecule has 0 spiro atoms. The topological polar surface area (TPSA) is 75.6 Å². The van der Waals surface area contributed by atoms with E-state index in [1.54, 1.807) is 19.1 Å². The predicted octanol–water partition coefficient (Wildman–Crippen LogP) is 3.12. The number of hydrogen-bond acceptors (Lipinski definition) is 3. The van der Waals surface area contributed by atoms with Crippen LogP contribution in [0.4, 0.5) is 0 Å². The van der Waals surface area contributed by atoms with Crippen LogP contribution in [-0.4, -0.2) is 28.6 Å². The molecule has 1 aliphatic carbocycles. The first-order valence-corrected chi connectivity index (χ1v) is 8.16. The normalized spacial score (nSPS) is 17.7. The van der Waals surface area contributed by atoms with Crippen LogP contribution in [0.25, 0.3) is 0 Å². The van der Waals surface area contributed by atoms with Gasteiger partial charge in [-0.15, -0.1) is 0 Å². The van der Waals surface area contributed by atoms with Crippen molar-refractivity contribution in [1.29, 1.82) is 0 Å². The SMILES string of the molecule is CC(Oc1ccc(Br)cc1)C(=O)NC1(CC(=O)O)CCCC1. The summed E-state index contributed by atoms with van der Waals surface area (Å²) in [5.41, 5.74) is -0.625. The monoisotopic (exact) mass is 369 g/mol. The van der Waals surface area contributed by atoms with E-state index >= 15 is 0 Å². The lowest BCUT2D eigenvalue weighted by Crippen LogP contribution is -2.51. The molecule has 0 bridgehead atoms. The summed E-state index contributed by atoms with van der Waals surface area (Å²) >= 11 is 3.34. The van der Waals surface area contributed by atoms with Crippen molar-refractivity contribution in [3.8, 4) is 5.75 Å². The van der Waals surface area contributed by atoms with E-state index in [1.807, 2.05) is 12.1 Å². The fourth-order valence-electron chi connectivity index (χ4n) is 2.82. The highest BCUT2D eigenvalue weighted by atomic mass is 79.9. The largest absolute Gasteiger partial charge is 0.481 e. The second-order valence-corrected chi connectivity index (χ2v) is 6.68. The van der Waals surface area contributed by atoms with Gasteiger partial charge in [-0.1, -0.05) is 28.8 Å². The van der Waals surface area contributed by atoms with Gasteiger partial charge in [-0.3, -0.25) is 9.59 Å². The molecule has 1 aromatic rings. The van der Waals surface area contributed by atoms with Crippen LogP contribution in [0, 0.1) is 0 Å². The lowest BCUT2D eigenvalue weighted by atomic mass is 9.93. The van der Waals surface area contributed by atoms with Crippen molar-refractivity contribution < 1.29 is 19.4 Å². The molecule has 1 atom stereocenters. The average molecular weight is 370 g/mol. The van der Waals surface area contributed by atoms with Gasteiger partial charge in [-0.05, 0) is 44.0 Å². The first-order valence-electron chi connectivity index (χ1n) is 7.36. The fourth-order valence-corrected chi connectivity index (χ4v) is 3.09. The van der Waals surface area contributed by atoms with Gasteiger partial charge in [-0.2, -0.15) is 0 Å². The fraction of sp³-hybridized carbons (Fsp3) is 0.500. The summed E-state index contributed by atoms with van der Waals surface area (Å²) < 4.78 is 6.54. The lowest BCUT2D eigenvalue weighted by Gasteiger charge is -2.30. The summed E-state index contributed by atoms with van der Waals surface area (Å²) in [5.74, 6) is -0.556. The van der Waals surface area contributed by atoms with E-state index in [4.69, 9.17) is 9.84 Å². The Balaban J connectivity index is 1.97. The van der Waals surface area contributed by atoms with Gasteiger partial charge in [-0.25, -0.2) is 0 Å². The Morgan fingerprint density at radius 3 is 2.45 bits per heavy atom. The van der Waals surface area contributed by atoms with E-state index in [1.165, 1.54) is 0 Å².